The zero-order valence-electron chi connectivity index (χ0n) is 20.2. The first-order chi connectivity index (χ1) is 17.7. The molecule has 0 heterocycles. The molecule has 13 heteroatoms. The van der Waals surface area contributed by atoms with Crippen LogP contribution >= 0.6 is 0 Å². The lowest BCUT2D eigenvalue weighted by atomic mass is 10.1. The maximum absolute atomic E-state index is 13.6. The van der Waals surface area contributed by atoms with Crippen LogP contribution < -0.4 is 9.62 Å². The molecular formula is C25H24F4N2O6S. The van der Waals surface area contributed by atoms with E-state index in [4.69, 9.17) is 9.90 Å². The lowest BCUT2D eigenvalue weighted by Gasteiger charge is -2.25. The van der Waals surface area contributed by atoms with Crippen LogP contribution in [0.2, 0.25) is 0 Å². The number of carbonyl (C=O) groups is 2. The highest BCUT2D eigenvalue weighted by Gasteiger charge is 2.38. The average molecular weight is 557 g/mol. The fourth-order valence-electron chi connectivity index (χ4n) is 3.29. The van der Waals surface area contributed by atoms with Crippen LogP contribution in [0, 0.1) is 12.7 Å². The average Bonchev–Trinajstić information content (AvgIpc) is 2.84. The number of benzene rings is 3. The Morgan fingerprint density at radius 2 is 1.58 bits per heavy atom. The highest BCUT2D eigenvalue weighted by atomic mass is 32.2. The number of nitrogens with one attached hydrogen (secondary N) is 1. The Morgan fingerprint density at radius 3 is 2.11 bits per heavy atom. The minimum Gasteiger partial charge on any atom is -0.478 e. The van der Waals surface area contributed by atoms with E-state index in [1.807, 2.05) is 42.2 Å². The van der Waals surface area contributed by atoms with Crippen molar-refractivity contribution in [1.82, 2.24) is 0 Å². The first-order valence-electron chi connectivity index (χ1n) is 10.9. The Hall–Kier alpha value is -4.13. The molecule has 0 aliphatic rings. The monoisotopic (exact) mass is 556 g/mol. The Balaban J connectivity index is 0.000000638. The van der Waals surface area contributed by atoms with Gasteiger partial charge in [0.2, 0.25) is 0 Å². The lowest BCUT2D eigenvalue weighted by molar-refractivity contribution is -0.192. The van der Waals surface area contributed by atoms with Gasteiger partial charge in [0.15, 0.2) is 0 Å². The second-order valence-corrected chi connectivity index (χ2v) is 9.51. The molecule has 0 amide bonds. The van der Waals surface area contributed by atoms with Gasteiger partial charge >= 0.3 is 18.1 Å². The fraction of sp³-hybridized carbons (Fsp3) is 0.200. The van der Waals surface area contributed by atoms with Crippen molar-refractivity contribution in [3.63, 3.8) is 0 Å². The summed E-state index contributed by atoms with van der Waals surface area (Å²) < 4.78 is 73.1. The molecule has 0 saturated heterocycles. The number of rotatable bonds is 8. The fourth-order valence-corrected chi connectivity index (χ4v) is 4.60. The van der Waals surface area contributed by atoms with Gasteiger partial charge in [0.05, 0.1) is 16.1 Å². The summed E-state index contributed by atoms with van der Waals surface area (Å²) in [4.78, 5) is 22.5. The summed E-state index contributed by atoms with van der Waals surface area (Å²) in [5.74, 6) is -4.61. The third-order valence-electron chi connectivity index (χ3n) is 5.10. The molecule has 0 saturated carbocycles. The molecule has 3 aromatic carbocycles. The molecule has 0 fully saturated rings. The van der Waals surface area contributed by atoms with Gasteiger partial charge in [-0.05, 0) is 55.3 Å². The van der Waals surface area contributed by atoms with Gasteiger partial charge in [-0.25, -0.2) is 22.4 Å². The second-order valence-electron chi connectivity index (χ2n) is 7.86. The molecular weight excluding hydrogens is 532 g/mol. The number of hydrogen-bond acceptors (Lipinski definition) is 5. The first kappa shape index (κ1) is 30.1. The van der Waals surface area contributed by atoms with E-state index in [1.165, 1.54) is 24.3 Å². The number of aliphatic carboxylic acids is 1. The van der Waals surface area contributed by atoms with Gasteiger partial charge in [0.25, 0.3) is 10.0 Å². The van der Waals surface area contributed by atoms with Crippen molar-refractivity contribution in [1.29, 1.82) is 0 Å². The molecule has 8 nitrogen and oxygen atoms in total. The highest BCUT2D eigenvalue weighted by Crippen LogP contribution is 2.28. The molecule has 38 heavy (non-hydrogen) atoms. The van der Waals surface area contributed by atoms with Crippen LogP contribution in [0.25, 0.3) is 0 Å². The molecule has 3 N–H and O–H groups in total. The Bertz CT molecular complexity index is 1400. The summed E-state index contributed by atoms with van der Waals surface area (Å²) in [5, 5.41) is 16.9. The number of aromatic carboxylic acids is 1. The second kappa shape index (κ2) is 12.4. The highest BCUT2D eigenvalue weighted by molar-refractivity contribution is 7.92. The Labute approximate surface area is 216 Å². The standard InChI is InChI=1S/C23H23FN2O4S.C2HF3O2/c1-3-26(15-17-7-5-4-6-8-17)21-12-11-19(14-20(21)23(27)28)25-31(29,30)22-13-18(24)10-9-16(22)2;3-2(4,5)1(6)7/h4-14,25H,3,15H2,1-2H3,(H,27,28);(H,6,7). The molecule has 0 spiro atoms. The van der Waals surface area contributed by atoms with Gasteiger partial charge in [-0.3, -0.25) is 4.72 Å². The predicted molar refractivity (Wildman–Crippen MR) is 132 cm³/mol. The third-order valence-corrected chi connectivity index (χ3v) is 6.62. The van der Waals surface area contributed by atoms with E-state index >= 15 is 0 Å². The Kier molecular flexibility index (Phi) is 9.83. The lowest BCUT2D eigenvalue weighted by Crippen LogP contribution is -2.24. The smallest absolute Gasteiger partial charge is 0.478 e. The predicted octanol–water partition coefficient (Wildman–Crippen LogP) is 5.29. The molecule has 204 valence electrons. The molecule has 0 radical (unpaired) electrons. The van der Waals surface area contributed by atoms with Crippen LogP contribution in [-0.2, 0) is 21.4 Å². The van der Waals surface area contributed by atoms with Crippen molar-refractivity contribution < 1.29 is 45.8 Å². The zero-order chi connectivity index (χ0) is 28.7. The van der Waals surface area contributed by atoms with E-state index < -0.39 is 34.0 Å². The van der Waals surface area contributed by atoms with Crippen molar-refractivity contribution in [2.45, 2.75) is 31.5 Å². The molecule has 3 aromatic rings. The maximum atomic E-state index is 13.6. The van der Waals surface area contributed by atoms with Crippen molar-refractivity contribution >= 4 is 33.3 Å². The molecule has 0 aliphatic carbocycles. The van der Waals surface area contributed by atoms with Crippen LogP contribution in [0.4, 0.5) is 28.9 Å². The Morgan fingerprint density at radius 1 is 0.974 bits per heavy atom. The molecule has 0 aromatic heterocycles. The van der Waals surface area contributed by atoms with Gasteiger partial charge in [0.1, 0.15) is 5.82 Å². The molecule has 3 rings (SSSR count). The van der Waals surface area contributed by atoms with Gasteiger partial charge in [-0.1, -0.05) is 36.4 Å². The van der Waals surface area contributed by atoms with Crippen LogP contribution in [-0.4, -0.2) is 43.3 Å². The van der Waals surface area contributed by atoms with E-state index in [9.17, 15) is 35.9 Å². The number of sulfonamides is 1. The first-order valence-corrected chi connectivity index (χ1v) is 12.4. The van der Waals surface area contributed by atoms with Crippen LogP contribution in [0.15, 0.2) is 71.6 Å². The summed E-state index contributed by atoms with van der Waals surface area (Å²) in [6.45, 7) is 4.54. The van der Waals surface area contributed by atoms with Crippen LogP contribution in [0.3, 0.4) is 0 Å². The van der Waals surface area contributed by atoms with Gasteiger partial charge in [-0.2, -0.15) is 13.2 Å². The number of aryl methyl sites for hydroxylation is 1. The molecule has 0 atom stereocenters. The van der Waals surface area contributed by atoms with Crippen molar-refractivity contribution in [2.75, 3.05) is 16.2 Å². The number of hydrogen-bond donors (Lipinski definition) is 3. The SMILES string of the molecule is CCN(Cc1ccccc1)c1ccc(NS(=O)(=O)c2cc(F)ccc2C)cc1C(=O)O.O=C(O)C(F)(F)F. The summed E-state index contributed by atoms with van der Waals surface area (Å²) >= 11 is 0. The third kappa shape index (κ3) is 8.20. The molecule has 0 unspecified atom stereocenters. The van der Waals surface area contributed by atoms with Crippen molar-refractivity contribution in [3.05, 3.63) is 89.2 Å². The number of carboxylic acids is 2. The topological polar surface area (TPSA) is 124 Å². The van der Waals surface area contributed by atoms with E-state index in [-0.39, 0.29) is 16.1 Å². The number of carboxylic acid groups (broad SMARTS) is 2. The van der Waals surface area contributed by atoms with Crippen molar-refractivity contribution in [3.8, 4) is 0 Å². The molecule has 0 aliphatic heterocycles. The van der Waals surface area contributed by atoms with Gasteiger partial charge in [0, 0.05) is 18.8 Å². The zero-order valence-corrected chi connectivity index (χ0v) is 21.0. The van der Waals surface area contributed by atoms with Crippen LogP contribution in [0.5, 0.6) is 0 Å². The van der Waals surface area contributed by atoms with E-state index in [0.29, 0.717) is 24.3 Å². The van der Waals surface area contributed by atoms with E-state index in [0.717, 1.165) is 11.6 Å². The van der Waals surface area contributed by atoms with Crippen LogP contribution in [0.1, 0.15) is 28.4 Å². The van der Waals surface area contributed by atoms with Gasteiger partial charge in [-0.15, -0.1) is 0 Å². The number of anilines is 2. The van der Waals surface area contributed by atoms with E-state index in [2.05, 4.69) is 4.72 Å². The summed E-state index contributed by atoms with van der Waals surface area (Å²) in [6.07, 6.45) is -5.08. The summed E-state index contributed by atoms with van der Waals surface area (Å²) in [6, 6.07) is 17.5. The number of alkyl halides is 3. The van der Waals surface area contributed by atoms with E-state index in [1.54, 1.807) is 13.0 Å². The van der Waals surface area contributed by atoms with Crippen molar-refractivity contribution in [2.24, 2.45) is 0 Å². The van der Waals surface area contributed by atoms with Gasteiger partial charge < -0.3 is 15.1 Å². The number of nitrogens with zero attached hydrogens (tertiary/aromatic N) is 1. The minimum atomic E-state index is -5.08. The number of halogens is 4. The summed E-state index contributed by atoms with van der Waals surface area (Å²) in [7, 11) is -4.09. The minimum absolute atomic E-state index is 0.0334. The molecule has 0 bridgehead atoms. The summed E-state index contributed by atoms with van der Waals surface area (Å²) in [5.41, 5.74) is 1.93. The maximum Gasteiger partial charge on any atom is 0.490 e. The largest absolute Gasteiger partial charge is 0.490 e. The quantitative estimate of drug-likeness (QED) is 0.322. The normalized spacial score (nSPS) is 11.2.